The van der Waals surface area contributed by atoms with Crippen LogP contribution in [0.1, 0.15) is 51.4 Å². The Morgan fingerprint density at radius 3 is 2.40 bits per heavy atom. The van der Waals surface area contributed by atoms with E-state index < -0.39 is 0 Å². The van der Waals surface area contributed by atoms with Gasteiger partial charge in [0, 0.05) is 6.42 Å². The first-order valence-electron chi connectivity index (χ1n) is 5.81. The van der Waals surface area contributed by atoms with Crippen LogP contribution in [0.4, 0.5) is 0 Å². The number of hydrogen-bond acceptors (Lipinski definition) is 1. The molecule has 0 saturated carbocycles. The van der Waals surface area contributed by atoms with Crippen molar-refractivity contribution in [2.75, 3.05) is 0 Å². The van der Waals surface area contributed by atoms with Gasteiger partial charge in [0.05, 0.1) is 0 Å². The van der Waals surface area contributed by atoms with Crippen molar-refractivity contribution in [1.82, 2.24) is 0 Å². The third-order valence-electron chi connectivity index (χ3n) is 2.26. The number of carbonyl (C=O) groups is 1. The first kappa shape index (κ1) is 13.9. The predicted molar refractivity (Wildman–Crippen MR) is 65.5 cm³/mol. The van der Waals surface area contributed by atoms with Gasteiger partial charge in [-0.2, -0.15) is 0 Å². The summed E-state index contributed by atoms with van der Waals surface area (Å²) in [6, 6.07) is 0. The number of allylic oxidation sites excluding steroid dienone is 3. The molecule has 0 rings (SSSR count). The molecule has 0 saturated heterocycles. The van der Waals surface area contributed by atoms with Gasteiger partial charge in [-0.05, 0) is 25.7 Å². The zero-order valence-electron chi connectivity index (χ0n) is 9.58. The second-order valence-corrected chi connectivity index (χ2v) is 3.77. The van der Waals surface area contributed by atoms with Crippen molar-refractivity contribution in [3.63, 3.8) is 0 Å². The van der Waals surface area contributed by atoms with E-state index >= 15 is 0 Å². The molecule has 0 heterocycles. The van der Waals surface area contributed by atoms with Gasteiger partial charge in [-0.1, -0.05) is 37.5 Å². The lowest BCUT2D eigenvalue weighted by molar-refractivity contribution is -0.118. The Labute approximate surface area is 93.2 Å². The number of amides is 1. The molecule has 0 aliphatic heterocycles. The van der Waals surface area contributed by atoms with Crippen molar-refractivity contribution < 1.29 is 4.79 Å². The Bertz CT molecular complexity index is 197. The fraction of sp³-hybridized carbons (Fsp3) is 0.615. The van der Waals surface area contributed by atoms with Gasteiger partial charge in [-0.25, -0.2) is 0 Å². The summed E-state index contributed by atoms with van der Waals surface area (Å²) in [7, 11) is 0. The summed E-state index contributed by atoms with van der Waals surface area (Å²) >= 11 is 0. The van der Waals surface area contributed by atoms with E-state index in [9.17, 15) is 4.79 Å². The van der Waals surface area contributed by atoms with Crippen molar-refractivity contribution >= 4 is 5.91 Å². The van der Waals surface area contributed by atoms with E-state index in [-0.39, 0.29) is 5.91 Å². The second-order valence-electron chi connectivity index (χ2n) is 3.77. The van der Waals surface area contributed by atoms with Gasteiger partial charge in [0.2, 0.25) is 5.91 Å². The lowest BCUT2D eigenvalue weighted by Crippen LogP contribution is -2.09. The SMILES string of the molecule is C=CC/C=C\CCCCCCCC(N)=O. The minimum atomic E-state index is -0.178. The molecule has 0 aliphatic rings. The van der Waals surface area contributed by atoms with Crippen LogP contribution < -0.4 is 5.73 Å². The fourth-order valence-corrected chi connectivity index (χ4v) is 1.40. The number of rotatable bonds is 10. The molecular formula is C13H23NO. The maximum atomic E-state index is 10.4. The van der Waals surface area contributed by atoms with Gasteiger partial charge in [0.25, 0.3) is 0 Å². The Morgan fingerprint density at radius 2 is 1.73 bits per heavy atom. The molecule has 0 bridgehead atoms. The van der Waals surface area contributed by atoms with Crippen molar-refractivity contribution in [3.05, 3.63) is 24.8 Å². The molecular weight excluding hydrogens is 186 g/mol. The number of carbonyl (C=O) groups excluding carboxylic acids is 1. The van der Waals surface area contributed by atoms with E-state index in [1.54, 1.807) is 0 Å². The normalized spacial score (nSPS) is 10.7. The van der Waals surface area contributed by atoms with Gasteiger partial charge in [0.15, 0.2) is 0 Å². The fourth-order valence-electron chi connectivity index (χ4n) is 1.40. The van der Waals surface area contributed by atoms with Crippen LogP contribution in [-0.2, 0) is 4.79 Å². The van der Waals surface area contributed by atoms with Crippen molar-refractivity contribution in [3.8, 4) is 0 Å². The van der Waals surface area contributed by atoms with Gasteiger partial charge < -0.3 is 5.73 Å². The van der Waals surface area contributed by atoms with E-state index in [4.69, 9.17) is 5.73 Å². The zero-order chi connectivity index (χ0) is 11.4. The maximum Gasteiger partial charge on any atom is 0.217 e. The predicted octanol–water partition coefficient (Wildman–Crippen LogP) is 3.33. The van der Waals surface area contributed by atoms with E-state index in [0.29, 0.717) is 6.42 Å². The molecule has 0 aliphatic carbocycles. The molecule has 2 heteroatoms. The summed E-state index contributed by atoms with van der Waals surface area (Å²) in [6.07, 6.45) is 14.7. The Balaban J connectivity index is 3.04. The van der Waals surface area contributed by atoms with Crippen molar-refractivity contribution in [2.24, 2.45) is 5.73 Å². The highest BCUT2D eigenvalue weighted by molar-refractivity contribution is 5.73. The highest BCUT2D eigenvalue weighted by Crippen LogP contribution is 2.07. The molecule has 86 valence electrons. The molecule has 1 amide bonds. The van der Waals surface area contributed by atoms with Crippen LogP contribution in [0.5, 0.6) is 0 Å². The molecule has 0 radical (unpaired) electrons. The topological polar surface area (TPSA) is 43.1 Å². The quantitative estimate of drug-likeness (QED) is 0.435. The third kappa shape index (κ3) is 12.9. The van der Waals surface area contributed by atoms with Crippen molar-refractivity contribution in [2.45, 2.75) is 51.4 Å². The Morgan fingerprint density at radius 1 is 1.07 bits per heavy atom. The van der Waals surface area contributed by atoms with Gasteiger partial charge in [-0.15, -0.1) is 6.58 Å². The average molecular weight is 209 g/mol. The van der Waals surface area contributed by atoms with E-state index in [2.05, 4.69) is 18.7 Å². The van der Waals surface area contributed by atoms with E-state index in [1.807, 2.05) is 6.08 Å². The largest absolute Gasteiger partial charge is 0.370 e. The molecule has 2 N–H and O–H groups in total. The average Bonchev–Trinajstić information content (AvgIpc) is 2.20. The minimum absolute atomic E-state index is 0.178. The maximum absolute atomic E-state index is 10.4. The van der Waals surface area contributed by atoms with Gasteiger partial charge >= 0.3 is 0 Å². The summed E-state index contributed by atoms with van der Waals surface area (Å²) in [5.74, 6) is -0.178. The van der Waals surface area contributed by atoms with Crippen LogP contribution in [0, 0.1) is 0 Å². The molecule has 15 heavy (non-hydrogen) atoms. The van der Waals surface area contributed by atoms with E-state index in [1.165, 1.54) is 19.3 Å². The minimum Gasteiger partial charge on any atom is -0.370 e. The summed E-state index contributed by atoms with van der Waals surface area (Å²) in [5, 5.41) is 0. The van der Waals surface area contributed by atoms with E-state index in [0.717, 1.165) is 25.7 Å². The molecule has 0 aromatic carbocycles. The van der Waals surface area contributed by atoms with Crippen molar-refractivity contribution in [1.29, 1.82) is 0 Å². The highest BCUT2D eigenvalue weighted by Gasteiger charge is 1.93. The van der Waals surface area contributed by atoms with Crippen LogP contribution >= 0.6 is 0 Å². The third-order valence-corrected chi connectivity index (χ3v) is 2.26. The van der Waals surface area contributed by atoms with Crippen LogP contribution in [0.25, 0.3) is 0 Å². The van der Waals surface area contributed by atoms with Gasteiger partial charge in [-0.3, -0.25) is 4.79 Å². The monoisotopic (exact) mass is 209 g/mol. The van der Waals surface area contributed by atoms with Crippen LogP contribution in [0.3, 0.4) is 0 Å². The summed E-state index contributed by atoms with van der Waals surface area (Å²) in [4.78, 5) is 10.4. The van der Waals surface area contributed by atoms with Crippen LogP contribution in [0.15, 0.2) is 24.8 Å². The number of hydrogen-bond donors (Lipinski definition) is 1. The first-order chi connectivity index (χ1) is 7.27. The Hall–Kier alpha value is -1.05. The number of nitrogens with two attached hydrogens (primary N) is 1. The summed E-state index contributed by atoms with van der Waals surface area (Å²) in [5.41, 5.74) is 5.05. The molecule has 0 atom stereocenters. The molecule has 0 unspecified atom stereocenters. The molecule has 2 nitrogen and oxygen atoms in total. The van der Waals surface area contributed by atoms with Crippen LogP contribution in [-0.4, -0.2) is 5.91 Å². The number of primary amides is 1. The Kier molecular flexibility index (Phi) is 10.3. The van der Waals surface area contributed by atoms with Gasteiger partial charge in [0.1, 0.15) is 0 Å². The summed E-state index contributed by atoms with van der Waals surface area (Å²) < 4.78 is 0. The lowest BCUT2D eigenvalue weighted by atomic mass is 10.1. The standard InChI is InChI=1S/C13H23NO/c1-2-3-4-5-6-7-8-9-10-11-12-13(14)15/h2,4-5H,1,3,6-12H2,(H2,14,15)/b5-4-. The molecule has 0 aromatic rings. The van der Waals surface area contributed by atoms with Crippen LogP contribution in [0.2, 0.25) is 0 Å². The molecule has 0 spiro atoms. The number of unbranched alkanes of at least 4 members (excludes halogenated alkanes) is 5. The first-order valence-corrected chi connectivity index (χ1v) is 5.81. The highest BCUT2D eigenvalue weighted by atomic mass is 16.1. The molecule has 0 aromatic heterocycles. The molecule has 0 fully saturated rings. The smallest absolute Gasteiger partial charge is 0.217 e. The summed E-state index contributed by atoms with van der Waals surface area (Å²) in [6.45, 7) is 3.65. The second kappa shape index (κ2) is 11.0. The lowest BCUT2D eigenvalue weighted by Gasteiger charge is -1.98. The zero-order valence-corrected chi connectivity index (χ0v) is 9.58.